The minimum absolute atomic E-state index is 0.156. The molecular formula is C36H56O4. The second kappa shape index (κ2) is 11.4. The summed E-state index contributed by atoms with van der Waals surface area (Å²) in [5.74, 6) is 0.465. The topological polar surface area (TPSA) is 66.8 Å². The normalized spacial score (nSPS) is 13.4. The maximum Gasteiger partial charge on any atom is 0.312 e. The first kappa shape index (κ1) is 33.7. The van der Waals surface area contributed by atoms with Crippen LogP contribution in [0, 0.1) is 5.41 Å². The van der Waals surface area contributed by atoms with Crippen molar-refractivity contribution in [1.29, 1.82) is 0 Å². The van der Waals surface area contributed by atoms with E-state index in [9.17, 15) is 15.0 Å². The molecule has 0 aliphatic carbocycles. The lowest BCUT2D eigenvalue weighted by molar-refractivity contribution is -0.158. The number of ether oxygens (including phenoxy) is 1. The van der Waals surface area contributed by atoms with Gasteiger partial charge in [0.2, 0.25) is 0 Å². The summed E-state index contributed by atoms with van der Waals surface area (Å²) in [6.07, 6.45) is 1.84. The molecule has 0 radical (unpaired) electrons. The average molecular weight is 553 g/mol. The van der Waals surface area contributed by atoms with E-state index >= 15 is 0 Å². The largest absolute Gasteiger partial charge is 0.507 e. The maximum absolute atomic E-state index is 13.8. The van der Waals surface area contributed by atoms with Crippen LogP contribution < -0.4 is 0 Å². The van der Waals surface area contributed by atoms with E-state index in [1.165, 1.54) is 0 Å². The molecule has 0 amide bonds. The minimum atomic E-state index is -0.683. The van der Waals surface area contributed by atoms with Gasteiger partial charge in [-0.25, -0.2) is 0 Å². The molecule has 0 aliphatic heterocycles. The monoisotopic (exact) mass is 552 g/mol. The van der Waals surface area contributed by atoms with Gasteiger partial charge in [0.15, 0.2) is 0 Å². The van der Waals surface area contributed by atoms with Gasteiger partial charge in [-0.15, -0.1) is 0 Å². The third-order valence-electron chi connectivity index (χ3n) is 8.27. The van der Waals surface area contributed by atoms with Gasteiger partial charge in [-0.05, 0) is 86.4 Å². The van der Waals surface area contributed by atoms with Crippen molar-refractivity contribution in [2.45, 2.75) is 144 Å². The Morgan fingerprint density at radius 3 is 1.18 bits per heavy atom. The molecule has 0 fully saturated rings. The Hall–Kier alpha value is -2.49. The van der Waals surface area contributed by atoms with Gasteiger partial charge in [0.25, 0.3) is 0 Å². The molecule has 0 saturated heterocycles. The van der Waals surface area contributed by atoms with Crippen LogP contribution in [0.2, 0.25) is 0 Å². The zero-order chi connectivity index (χ0) is 31.1. The van der Waals surface area contributed by atoms with Crippen LogP contribution in [0.3, 0.4) is 0 Å². The number of carbonyl (C=O) groups is 1. The van der Waals surface area contributed by atoms with Gasteiger partial charge in [-0.2, -0.15) is 0 Å². The first-order valence-corrected chi connectivity index (χ1v) is 14.9. The molecule has 2 N–H and O–H groups in total. The van der Waals surface area contributed by atoms with E-state index in [4.69, 9.17) is 4.74 Å². The second-order valence-corrected chi connectivity index (χ2v) is 15.8. The fourth-order valence-corrected chi connectivity index (χ4v) is 5.41. The van der Waals surface area contributed by atoms with E-state index in [1.54, 1.807) is 0 Å². The molecule has 0 atom stereocenters. The summed E-state index contributed by atoms with van der Waals surface area (Å²) in [7, 11) is 0. The number of hydrogen-bond acceptors (Lipinski definition) is 4. The Balaban J connectivity index is 2.50. The van der Waals surface area contributed by atoms with Crippen molar-refractivity contribution in [2.24, 2.45) is 5.41 Å². The number of aromatic hydroxyl groups is 2. The third-order valence-corrected chi connectivity index (χ3v) is 8.27. The summed E-state index contributed by atoms with van der Waals surface area (Å²) >= 11 is 0. The highest BCUT2D eigenvalue weighted by molar-refractivity contribution is 5.77. The number of benzene rings is 2. The number of phenolic OH excluding ortho intramolecular Hbond substituents is 2. The minimum Gasteiger partial charge on any atom is -0.507 e. The van der Waals surface area contributed by atoms with Gasteiger partial charge in [-0.3, -0.25) is 4.79 Å². The number of rotatable bonds is 7. The SMILES string of the molecule is CCC(CC)(Cc1cc(C(C)(C)C)c(O)c(C(C)(C)C)c1)C(=O)OCc1cc(C(C)(C)C)c(O)c(C(C)(C)C)c1. The highest BCUT2D eigenvalue weighted by atomic mass is 16.5. The van der Waals surface area contributed by atoms with E-state index in [0.717, 1.165) is 33.4 Å². The zero-order valence-electron chi connectivity index (χ0n) is 27.8. The van der Waals surface area contributed by atoms with E-state index < -0.39 is 5.41 Å². The molecular weight excluding hydrogens is 496 g/mol. The molecule has 4 heteroatoms. The molecule has 0 unspecified atom stereocenters. The molecule has 224 valence electrons. The van der Waals surface area contributed by atoms with Gasteiger partial charge < -0.3 is 14.9 Å². The Bertz CT molecular complexity index is 1130. The van der Waals surface area contributed by atoms with Gasteiger partial charge >= 0.3 is 5.97 Å². The van der Waals surface area contributed by atoms with E-state index in [-0.39, 0.29) is 34.2 Å². The Morgan fingerprint density at radius 2 is 0.900 bits per heavy atom. The van der Waals surface area contributed by atoms with Crippen LogP contribution in [0.5, 0.6) is 11.5 Å². The molecule has 0 saturated carbocycles. The Morgan fingerprint density at radius 1 is 0.600 bits per heavy atom. The number of hydrogen-bond donors (Lipinski definition) is 2. The van der Waals surface area contributed by atoms with Crippen molar-refractivity contribution < 1.29 is 19.7 Å². The van der Waals surface area contributed by atoms with Crippen molar-refractivity contribution in [2.75, 3.05) is 0 Å². The van der Waals surface area contributed by atoms with E-state index in [1.807, 2.05) is 12.1 Å². The Kier molecular flexibility index (Phi) is 9.62. The van der Waals surface area contributed by atoms with Crippen LogP contribution in [0.1, 0.15) is 143 Å². The fraction of sp³-hybridized carbons (Fsp3) is 0.639. The second-order valence-electron chi connectivity index (χ2n) is 15.8. The average Bonchev–Trinajstić information content (AvgIpc) is 2.79. The van der Waals surface area contributed by atoms with Crippen molar-refractivity contribution >= 4 is 5.97 Å². The summed E-state index contributed by atoms with van der Waals surface area (Å²) in [6.45, 7) is 29.4. The highest BCUT2D eigenvalue weighted by Gasteiger charge is 2.38. The molecule has 0 heterocycles. The molecule has 0 bridgehead atoms. The summed E-state index contributed by atoms with van der Waals surface area (Å²) in [5.41, 5.74) is 3.78. The standard InChI is InChI=1S/C36H56O4/c1-15-36(16-2,21-23-17-25(32(3,4)5)29(37)26(18-23)33(6,7)8)31(39)40-22-24-19-27(34(9,10)11)30(38)28(20-24)35(12,13)14/h17-20,37-38H,15-16,21-22H2,1-14H3. The van der Waals surface area contributed by atoms with Crippen LogP contribution >= 0.6 is 0 Å². The first-order chi connectivity index (χ1) is 18.0. The number of esters is 1. The fourth-order valence-electron chi connectivity index (χ4n) is 5.41. The summed E-state index contributed by atoms with van der Waals surface area (Å²) in [5, 5.41) is 22.3. The van der Waals surface area contributed by atoms with E-state index in [2.05, 4.69) is 109 Å². The van der Waals surface area contributed by atoms with Crippen LogP contribution in [0.4, 0.5) is 0 Å². The number of carbonyl (C=O) groups excluding carboxylic acids is 1. The van der Waals surface area contributed by atoms with Crippen molar-refractivity contribution in [3.8, 4) is 11.5 Å². The summed E-state index contributed by atoms with van der Waals surface area (Å²) in [6, 6.07) is 8.09. The van der Waals surface area contributed by atoms with Crippen molar-refractivity contribution in [3.05, 3.63) is 57.6 Å². The lowest BCUT2D eigenvalue weighted by Crippen LogP contribution is -2.34. The van der Waals surface area contributed by atoms with Gasteiger partial charge in [0.05, 0.1) is 5.41 Å². The maximum atomic E-state index is 13.8. The molecule has 0 aromatic heterocycles. The number of phenols is 2. The first-order valence-electron chi connectivity index (χ1n) is 14.9. The van der Waals surface area contributed by atoms with Crippen LogP contribution in [0.15, 0.2) is 24.3 Å². The van der Waals surface area contributed by atoms with Crippen LogP contribution in [-0.2, 0) is 44.2 Å². The molecule has 2 rings (SSSR count). The molecule has 4 nitrogen and oxygen atoms in total. The summed E-state index contributed by atoms with van der Waals surface area (Å²) < 4.78 is 6.07. The quantitative estimate of drug-likeness (QED) is 0.336. The molecule has 2 aromatic rings. The zero-order valence-corrected chi connectivity index (χ0v) is 27.8. The van der Waals surface area contributed by atoms with Crippen molar-refractivity contribution in [3.63, 3.8) is 0 Å². The molecule has 2 aromatic carbocycles. The molecule has 0 spiro atoms. The van der Waals surface area contributed by atoms with Crippen molar-refractivity contribution in [1.82, 2.24) is 0 Å². The Labute approximate surface area is 244 Å². The molecule has 0 aliphatic rings. The third kappa shape index (κ3) is 7.42. The van der Waals surface area contributed by atoms with Gasteiger partial charge in [0, 0.05) is 0 Å². The highest BCUT2D eigenvalue weighted by Crippen LogP contribution is 2.43. The van der Waals surface area contributed by atoms with Gasteiger partial charge in [0.1, 0.15) is 18.1 Å². The van der Waals surface area contributed by atoms with Crippen LogP contribution in [0.25, 0.3) is 0 Å². The summed E-state index contributed by atoms with van der Waals surface area (Å²) in [4.78, 5) is 13.8. The smallest absolute Gasteiger partial charge is 0.312 e. The lowest BCUT2D eigenvalue weighted by Gasteiger charge is -2.32. The predicted octanol–water partition coefficient (Wildman–Crippen LogP) is 9.38. The predicted molar refractivity (Wildman–Crippen MR) is 168 cm³/mol. The van der Waals surface area contributed by atoms with Gasteiger partial charge in [-0.1, -0.05) is 109 Å². The van der Waals surface area contributed by atoms with E-state index in [0.29, 0.717) is 30.8 Å². The van der Waals surface area contributed by atoms with Crippen LogP contribution in [-0.4, -0.2) is 16.2 Å². The molecule has 40 heavy (non-hydrogen) atoms. The lowest BCUT2D eigenvalue weighted by atomic mass is 9.73.